The monoisotopic (exact) mass is 306 g/mol. The highest BCUT2D eigenvalue weighted by molar-refractivity contribution is 5.95. The highest BCUT2D eigenvalue weighted by atomic mass is 19.2. The fourth-order valence-electron chi connectivity index (χ4n) is 2.91. The second-order valence-corrected chi connectivity index (χ2v) is 5.55. The maximum absolute atomic E-state index is 13.4. The number of aryl methyl sites for hydroxylation is 1. The summed E-state index contributed by atoms with van der Waals surface area (Å²) in [6, 6.07) is 4.78. The number of H-pyrrole nitrogens is 1. The molecule has 116 valence electrons. The third-order valence-corrected chi connectivity index (χ3v) is 4.05. The molecule has 22 heavy (non-hydrogen) atoms. The van der Waals surface area contributed by atoms with E-state index >= 15 is 0 Å². The van der Waals surface area contributed by atoms with Crippen LogP contribution in [-0.2, 0) is 0 Å². The molecule has 1 saturated heterocycles. The van der Waals surface area contributed by atoms with Gasteiger partial charge < -0.3 is 15.0 Å². The minimum absolute atomic E-state index is 0.174. The number of halogens is 2. The number of hydrogen-bond acceptors (Lipinski definition) is 2. The first kappa shape index (κ1) is 14.7. The van der Waals surface area contributed by atoms with Gasteiger partial charge in [-0.25, -0.2) is 8.78 Å². The average Bonchev–Trinajstić information content (AvgIpc) is 3.07. The van der Waals surface area contributed by atoms with Crippen LogP contribution in [0.25, 0.3) is 0 Å². The van der Waals surface area contributed by atoms with Crippen molar-refractivity contribution in [3.8, 4) is 0 Å². The van der Waals surface area contributed by atoms with E-state index in [0.717, 1.165) is 17.8 Å². The molecule has 2 heterocycles. The molecule has 0 unspecified atom stereocenters. The molecule has 1 aromatic heterocycles. The van der Waals surface area contributed by atoms with Gasteiger partial charge >= 0.3 is 0 Å². The normalized spacial score (nSPS) is 21.4. The SMILES string of the molecule is Cc1[nH]ccc1C(=O)N1C[C@H](O)C[C@@H]1c1ccc(F)c(F)c1. The van der Waals surface area contributed by atoms with Gasteiger partial charge in [0.25, 0.3) is 5.91 Å². The van der Waals surface area contributed by atoms with Crippen LogP contribution in [0.15, 0.2) is 30.5 Å². The van der Waals surface area contributed by atoms with Crippen molar-refractivity contribution in [1.82, 2.24) is 9.88 Å². The van der Waals surface area contributed by atoms with Gasteiger partial charge in [0.1, 0.15) is 0 Å². The van der Waals surface area contributed by atoms with Crippen molar-refractivity contribution in [3.63, 3.8) is 0 Å². The van der Waals surface area contributed by atoms with Gasteiger partial charge in [0.2, 0.25) is 0 Å². The first-order chi connectivity index (χ1) is 10.5. The summed E-state index contributed by atoms with van der Waals surface area (Å²) in [7, 11) is 0. The van der Waals surface area contributed by atoms with E-state index < -0.39 is 23.8 Å². The molecule has 1 aliphatic heterocycles. The van der Waals surface area contributed by atoms with E-state index in [9.17, 15) is 18.7 Å². The number of nitrogens with zero attached hydrogens (tertiary/aromatic N) is 1. The number of nitrogens with one attached hydrogen (secondary N) is 1. The topological polar surface area (TPSA) is 56.3 Å². The van der Waals surface area contributed by atoms with Gasteiger partial charge in [-0.2, -0.15) is 0 Å². The molecule has 1 amide bonds. The molecule has 0 spiro atoms. The Labute approximate surface area is 126 Å². The largest absolute Gasteiger partial charge is 0.391 e. The Kier molecular flexibility index (Phi) is 3.70. The maximum atomic E-state index is 13.4. The zero-order chi connectivity index (χ0) is 15.9. The third-order valence-electron chi connectivity index (χ3n) is 4.05. The van der Waals surface area contributed by atoms with Crippen LogP contribution >= 0.6 is 0 Å². The highest BCUT2D eigenvalue weighted by Crippen LogP contribution is 2.34. The van der Waals surface area contributed by atoms with E-state index in [2.05, 4.69) is 4.98 Å². The molecule has 2 atom stereocenters. The molecule has 2 aromatic rings. The molecular formula is C16H16F2N2O2. The van der Waals surface area contributed by atoms with E-state index in [0.29, 0.717) is 17.5 Å². The van der Waals surface area contributed by atoms with Crippen molar-refractivity contribution >= 4 is 5.91 Å². The number of hydrogen-bond donors (Lipinski definition) is 2. The van der Waals surface area contributed by atoms with Gasteiger partial charge in [0.05, 0.1) is 17.7 Å². The van der Waals surface area contributed by atoms with Crippen molar-refractivity contribution in [3.05, 3.63) is 58.9 Å². The van der Waals surface area contributed by atoms with Crippen LogP contribution < -0.4 is 0 Å². The van der Waals surface area contributed by atoms with Gasteiger partial charge in [0.15, 0.2) is 11.6 Å². The van der Waals surface area contributed by atoms with Crippen LogP contribution in [0.1, 0.15) is 34.1 Å². The Morgan fingerprint density at radius 3 is 2.73 bits per heavy atom. The van der Waals surface area contributed by atoms with Crippen molar-refractivity contribution in [2.24, 2.45) is 0 Å². The Hall–Kier alpha value is -2.21. The molecule has 0 bridgehead atoms. The third kappa shape index (κ3) is 2.50. The van der Waals surface area contributed by atoms with Crippen LogP contribution in [0.3, 0.4) is 0 Å². The van der Waals surface area contributed by atoms with Crippen LogP contribution in [-0.4, -0.2) is 33.5 Å². The summed E-state index contributed by atoms with van der Waals surface area (Å²) in [6.45, 7) is 1.96. The lowest BCUT2D eigenvalue weighted by atomic mass is 10.0. The number of aliphatic hydroxyl groups excluding tert-OH is 1. The van der Waals surface area contributed by atoms with Gasteiger partial charge in [-0.1, -0.05) is 6.07 Å². The second kappa shape index (κ2) is 5.53. The van der Waals surface area contributed by atoms with Crippen LogP contribution in [0.5, 0.6) is 0 Å². The van der Waals surface area contributed by atoms with Crippen molar-refractivity contribution in [2.75, 3.05) is 6.54 Å². The fraction of sp³-hybridized carbons (Fsp3) is 0.312. The number of likely N-dealkylation sites (tertiary alicyclic amines) is 1. The lowest BCUT2D eigenvalue weighted by Crippen LogP contribution is -2.32. The number of aromatic amines is 1. The second-order valence-electron chi connectivity index (χ2n) is 5.55. The summed E-state index contributed by atoms with van der Waals surface area (Å²) in [5.74, 6) is -2.12. The molecule has 3 rings (SSSR count). The van der Waals surface area contributed by atoms with Gasteiger partial charge in [0, 0.05) is 18.4 Å². The predicted octanol–water partition coefficient (Wildman–Crippen LogP) is 2.55. The number of aromatic nitrogens is 1. The van der Waals surface area contributed by atoms with Crippen LogP contribution in [0.4, 0.5) is 8.78 Å². The Bertz CT molecular complexity index is 714. The standard InChI is InChI=1S/C16H16F2N2O2/c1-9-12(4-5-19-9)16(22)20-8-11(21)7-15(20)10-2-3-13(17)14(18)6-10/h2-6,11,15,19,21H,7-8H2,1H3/t11-,15-/m1/s1. The average molecular weight is 306 g/mol. The number of carbonyl (C=O) groups excluding carboxylic acids is 1. The Morgan fingerprint density at radius 2 is 2.09 bits per heavy atom. The molecule has 0 radical (unpaired) electrons. The van der Waals surface area contributed by atoms with Crippen molar-refractivity contribution in [2.45, 2.75) is 25.5 Å². The lowest BCUT2D eigenvalue weighted by Gasteiger charge is -2.25. The number of amides is 1. The van der Waals surface area contributed by atoms with Crippen molar-refractivity contribution in [1.29, 1.82) is 0 Å². The predicted molar refractivity (Wildman–Crippen MR) is 76.3 cm³/mol. The summed E-state index contributed by atoms with van der Waals surface area (Å²) in [6.07, 6.45) is 1.29. The van der Waals surface area contributed by atoms with Gasteiger partial charge in [-0.3, -0.25) is 4.79 Å². The van der Waals surface area contributed by atoms with E-state index in [1.165, 1.54) is 11.0 Å². The van der Waals surface area contributed by atoms with Gasteiger partial charge in [-0.05, 0) is 37.1 Å². The quantitative estimate of drug-likeness (QED) is 0.896. The van der Waals surface area contributed by atoms with Crippen LogP contribution in [0, 0.1) is 18.6 Å². The van der Waals surface area contributed by atoms with E-state index in [1.54, 1.807) is 19.2 Å². The Morgan fingerprint density at radius 1 is 1.32 bits per heavy atom. The number of rotatable bonds is 2. The Balaban J connectivity index is 1.94. The summed E-state index contributed by atoms with van der Waals surface area (Å²) < 4.78 is 26.5. The maximum Gasteiger partial charge on any atom is 0.256 e. The fourth-order valence-corrected chi connectivity index (χ4v) is 2.91. The summed E-state index contributed by atoms with van der Waals surface area (Å²) in [5, 5.41) is 9.90. The lowest BCUT2D eigenvalue weighted by molar-refractivity contribution is 0.0715. The molecule has 0 saturated carbocycles. The molecule has 4 nitrogen and oxygen atoms in total. The first-order valence-electron chi connectivity index (χ1n) is 7.05. The van der Waals surface area contributed by atoms with E-state index in [4.69, 9.17) is 0 Å². The molecule has 2 N–H and O–H groups in total. The van der Waals surface area contributed by atoms with E-state index in [1.807, 2.05) is 0 Å². The molecular weight excluding hydrogens is 290 g/mol. The summed E-state index contributed by atoms with van der Waals surface area (Å²) in [4.78, 5) is 17.1. The smallest absolute Gasteiger partial charge is 0.256 e. The first-order valence-corrected chi connectivity index (χ1v) is 7.05. The summed E-state index contributed by atoms with van der Waals surface area (Å²) >= 11 is 0. The highest BCUT2D eigenvalue weighted by Gasteiger charge is 2.36. The van der Waals surface area contributed by atoms with E-state index in [-0.39, 0.29) is 12.5 Å². The number of carbonyl (C=O) groups is 1. The number of β-amino-alcohol motifs (C(OH)–C–C–N with tert-alkyl or cyclic N) is 1. The summed E-state index contributed by atoms with van der Waals surface area (Å²) in [5.41, 5.74) is 1.73. The number of benzene rings is 1. The molecule has 1 fully saturated rings. The molecule has 1 aliphatic rings. The zero-order valence-corrected chi connectivity index (χ0v) is 12.0. The number of aliphatic hydroxyl groups is 1. The van der Waals surface area contributed by atoms with Crippen molar-refractivity contribution < 1.29 is 18.7 Å². The molecule has 1 aromatic carbocycles. The van der Waals surface area contributed by atoms with Crippen LogP contribution in [0.2, 0.25) is 0 Å². The minimum Gasteiger partial charge on any atom is -0.391 e. The van der Waals surface area contributed by atoms with Gasteiger partial charge in [-0.15, -0.1) is 0 Å². The minimum atomic E-state index is -0.955. The zero-order valence-electron chi connectivity index (χ0n) is 12.0. The molecule has 6 heteroatoms. The molecule has 0 aliphatic carbocycles.